The standard InChI is InChI=1S/C20H15ClN4O/c21-14-7-1-2-8-15(14)23-19(26)13-25-18-11-4-3-9-16(18)24-20(25)17-10-5-6-12-22-17/h1-12H,13H2,(H,23,26). The molecule has 2 aromatic heterocycles. The highest BCUT2D eigenvalue weighted by Crippen LogP contribution is 2.24. The van der Waals surface area contributed by atoms with E-state index in [9.17, 15) is 4.79 Å². The largest absolute Gasteiger partial charge is 0.323 e. The van der Waals surface area contributed by atoms with Crippen molar-refractivity contribution in [3.63, 3.8) is 0 Å². The van der Waals surface area contributed by atoms with E-state index in [4.69, 9.17) is 11.6 Å². The monoisotopic (exact) mass is 362 g/mol. The number of aromatic nitrogens is 3. The Kier molecular flexibility index (Phi) is 4.37. The van der Waals surface area contributed by atoms with E-state index in [2.05, 4.69) is 15.3 Å². The number of nitrogens with zero attached hydrogens (tertiary/aromatic N) is 3. The molecule has 0 atom stereocenters. The van der Waals surface area contributed by atoms with Gasteiger partial charge in [0.2, 0.25) is 5.91 Å². The summed E-state index contributed by atoms with van der Waals surface area (Å²) in [5, 5.41) is 3.35. The van der Waals surface area contributed by atoms with Gasteiger partial charge in [-0.25, -0.2) is 4.98 Å². The van der Waals surface area contributed by atoms with Gasteiger partial charge in [-0.1, -0.05) is 41.9 Å². The van der Waals surface area contributed by atoms with Crippen LogP contribution in [0.1, 0.15) is 0 Å². The summed E-state index contributed by atoms with van der Waals surface area (Å²) < 4.78 is 1.86. The molecule has 6 heteroatoms. The summed E-state index contributed by atoms with van der Waals surface area (Å²) in [6.07, 6.45) is 1.71. The molecule has 1 N–H and O–H groups in total. The van der Waals surface area contributed by atoms with Crippen molar-refractivity contribution in [1.82, 2.24) is 14.5 Å². The average molecular weight is 363 g/mol. The van der Waals surface area contributed by atoms with Crippen LogP contribution in [0, 0.1) is 0 Å². The van der Waals surface area contributed by atoms with Crippen molar-refractivity contribution in [2.45, 2.75) is 6.54 Å². The molecule has 4 aromatic rings. The first-order chi connectivity index (χ1) is 12.7. The van der Waals surface area contributed by atoms with Gasteiger partial charge in [0.25, 0.3) is 0 Å². The molecule has 0 saturated carbocycles. The molecule has 0 saturated heterocycles. The Morgan fingerprint density at radius 1 is 1.00 bits per heavy atom. The lowest BCUT2D eigenvalue weighted by Crippen LogP contribution is -2.19. The lowest BCUT2D eigenvalue weighted by Gasteiger charge is -2.10. The van der Waals surface area contributed by atoms with Crippen molar-refractivity contribution in [3.05, 3.63) is 77.9 Å². The number of halogens is 1. The molecule has 128 valence electrons. The number of carbonyl (C=O) groups is 1. The van der Waals surface area contributed by atoms with E-state index < -0.39 is 0 Å². The van der Waals surface area contributed by atoms with Crippen LogP contribution in [0.4, 0.5) is 5.69 Å². The number of pyridine rings is 1. The number of imidazole rings is 1. The van der Waals surface area contributed by atoms with Gasteiger partial charge in [-0.05, 0) is 36.4 Å². The number of carbonyl (C=O) groups excluding carboxylic acids is 1. The van der Waals surface area contributed by atoms with E-state index in [-0.39, 0.29) is 12.5 Å². The molecule has 0 spiro atoms. The van der Waals surface area contributed by atoms with Crippen molar-refractivity contribution in [3.8, 4) is 11.5 Å². The molecular formula is C20H15ClN4O. The van der Waals surface area contributed by atoms with Crippen LogP contribution in [0.3, 0.4) is 0 Å². The van der Waals surface area contributed by atoms with Gasteiger partial charge in [0.1, 0.15) is 12.2 Å². The van der Waals surface area contributed by atoms with E-state index in [1.165, 1.54) is 0 Å². The molecule has 4 rings (SSSR count). The summed E-state index contributed by atoms with van der Waals surface area (Å²) in [5.41, 5.74) is 3.00. The molecule has 1 amide bonds. The summed E-state index contributed by atoms with van der Waals surface area (Å²) >= 11 is 6.13. The second-order valence-electron chi connectivity index (χ2n) is 5.75. The van der Waals surface area contributed by atoms with Gasteiger partial charge in [-0.2, -0.15) is 0 Å². The zero-order valence-corrected chi connectivity index (χ0v) is 14.5. The van der Waals surface area contributed by atoms with E-state index in [1.807, 2.05) is 59.2 Å². The molecule has 0 aliphatic carbocycles. The predicted molar refractivity (Wildman–Crippen MR) is 103 cm³/mol. The van der Waals surface area contributed by atoms with E-state index >= 15 is 0 Å². The van der Waals surface area contributed by atoms with Crippen LogP contribution in [0.2, 0.25) is 5.02 Å². The molecule has 0 aliphatic heterocycles. The molecule has 26 heavy (non-hydrogen) atoms. The van der Waals surface area contributed by atoms with Gasteiger partial charge in [-0.3, -0.25) is 9.78 Å². The first kappa shape index (κ1) is 16.3. The third-order valence-corrected chi connectivity index (χ3v) is 4.33. The number of para-hydroxylation sites is 3. The molecule has 0 fully saturated rings. The van der Waals surface area contributed by atoms with Crippen molar-refractivity contribution < 1.29 is 4.79 Å². The van der Waals surface area contributed by atoms with Gasteiger partial charge in [0.05, 0.1) is 21.7 Å². The quantitative estimate of drug-likeness (QED) is 0.585. The molecule has 0 radical (unpaired) electrons. The molecule has 5 nitrogen and oxygen atoms in total. The van der Waals surface area contributed by atoms with E-state index in [0.717, 1.165) is 11.0 Å². The lowest BCUT2D eigenvalue weighted by atomic mass is 10.3. The van der Waals surface area contributed by atoms with Crippen molar-refractivity contribution in [1.29, 1.82) is 0 Å². The Morgan fingerprint density at radius 2 is 1.77 bits per heavy atom. The Morgan fingerprint density at radius 3 is 2.58 bits per heavy atom. The van der Waals surface area contributed by atoms with Gasteiger partial charge in [0, 0.05) is 6.20 Å². The molecule has 2 heterocycles. The highest BCUT2D eigenvalue weighted by Gasteiger charge is 2.16. The average Bonchev–Trinajstić information content (AvgIpc) is 3.03. The number of benzene rings is 2. The van der Waals surface area contributed by atoms with Crippen LogP contribution in [-0.2, 0) is 11.3 Å². The Labute approximate surface area is 155 Å². The second-order valence-corrected chi connectivity index (χ2v) is 6.16. The number of amides is 1. The number of nitrogens with one attached hydrogen (secondary N) is 1. The summed E-state index contributed by atoms with van der Waals surface area (Å²) in [4.78, 5) is 21.6. The summed E-state index contributed by atoms with van der Waals surface area (Å²) in [6.45, 7) is 0.109. The van der Waals surface area contributed by atoms with Crippen LogP contribution in [-0.4, -0.2) is 20.4 Å². The number of fused-ring (bicyclic) bond motifs is 1. The molecule has 2 aromatic carbocycles. The number of rotatable bonds is 4. The normalized spacial score (nSPS) is 10.8. The highest BCUT2D eigenvalue weighted by atomic mass is 35.5. The summed E-state index contributed by atoms with van der Waals surface area (Å²) in [7, 11) is 0. The van der Waals surface area contributed by atoms with Crippen LogP contribution >= 0.6 is 11.6 Å². The third-order valence-electron chi connectivity index (χ3n) is 4.00. The molecule has 0 aliphatic rings. The van der Waals surface area contributed by atoms with Gasteiger partial charge in [0.15, 0.2) is 5.82 Å². The second kappa shape index (κ2) is 6.98. The summed E-state index contributed by atoms with van der Waals surface area (Å²) in [5.74, 6) is 0.472. The molecule has 0 bridgehead atoms. The maximum absolute atomic E-state index is 12.6. The minimum atomic E-state index is -0.182. The maximum atomic E-state index is 12.6. The zero-order valence-electron chi connectivity index (χ0n) is 13.8. The minimum absolute atomic E-state index is 0.109. The number of anilines is 1. The van der Waals surface area contributed by atoms with Gasteiger partial charge >= 0.3 is 0 Å². The maximum Gasteiger partial charge on any atom is 0.244 e. The predicted octanol–water partition coefficient (Wildman–Crippen LogP) is 4.39. The zero-order chi connectivity index (χ0) is 17.9. The van der Waals surface area contributed by atoms with E-state index in [1.54, 1.807) is 18.3 Å². The van der Waals surface area contributed by atoms with Crippen LogP contribution in [0.25, 0.3) is 22.6 Å². The van der Waals surface area contributed by atoms with Crippen LogP contribution in [0.15, 0.2) is 72.9 Å². The smallest absolute Gasteiger partial charge is 0.244 e. The fourth-order valence-electron chi connectivity index (χ4n) is 2.82. The minimum Gasteiger partial charge on any atom is -0.323 e. The van der Waals surface area contributed by atoms with Gasteiger partial charge < -0.3 is 9.88 Å². The number of hydrogen-bond donors (Lipinski definition) is 1. The van der Waals surface area contributed by atoms with Crippen LogP contribution in [0.5, 0.6) is 0 Å². The SMILES string of the molecule is O=C(Cn1c(-c2ccccn2)nc2ccccc21)Nc1ccccc1Cl. The summed E-state index contributed by atoms with van der Waals surface area (Å²) in [6, 6.07) is 20.5. The number of hydrogen-bond acceptors (Lipinski definition) is 3. The Hall–Kier alpha value is -3.18. The topological polar surface area (TPSA) is 59.8 Å². The first-order valence-electron chi connectivity index (χ1n) is 8.13. The lowest BCUT2D eigenvalue weighted by molar-refractivity contribution is -0.116. The van der Waals surface area contributed by atoms with E-state index in [0.29, 0.717) is 22.2 Å². The van der Waals surface area contributed by atoms with Gasteiger partial charge in [-0.15, -0.1) is 0 Å². The Balaban J connectivity index is 1.71. The fraction of sp³-hybridized carbons (Fsp3) is 0.0500. The van der Waals surface area contributed by atoms with Crippen molar-refractivity contribution in [2.24, 2.45) is 0 Å². The molecule has 0 unspecified atom stereocenters. The van der Waals surface area contributed by atoms with Crippen molar-refractivity contribution >= 4 is 34.2 Å². The molecular weight excluding hydrogens is 348 g/mol. The van der Waals surface area contributed by atoms with Crippen LogP contribution < -0.4 is 5.32 Å². The van der Waals surface area contributed by atoms with Crippen molar-refractivity contribution in [2.75, 3.05) is 5.32 Å². The fourth-order valence-corrected chi connectivity index (χ4v) is 3.01. The Bertz CT molecular complexity index is 1080. The first-order valence-corrected chi connectivity index (χ1v) is 8.51. The highest BCUT2D eigenvalue weighted by molar-refractivity contribution is 6.33. The third kappa shape index (κ3) is 3.17.